The topological polar surface area (TPSA) is 128 Å². The molecule has 0 radical (unpaired) electrons. The Hall–Kier alpha value is -4.55. The van der Waals surface area contributed by atoms with Gasteiger partial charge in [0.1, 0.15) is 11.8 Å². The molecule has 2 aromatic heterocycles. The van der Waals surface area contributed by atoms with Crippen LogP contribution in [0.5, 0.6) is 0 Å². The van der Waals surface area contributed by atoms with Crippen molar-refractivity contribution < 1.29 is 23.9 Å². The smallest absolute Gasteiger partial charge is 0.338 e. The number of hydrogen-bond donors (Lipinski definition) is 1. The molecule has 1 fully saturated rings. The van der Waals surface area contributed by atoms with E-state index in [0.29, 0.717) is 32.4 Å². The molecule has 0 aliphatic carbocycles. The fourth-order valence-electron chi connectivity index (χ4n) is 5.44. The summed E-state index contributed by atoms with van der Waals surface area (Å²) in [6, 6.07) is 17.0. The monoisotopic (exact) mass is 614 g/mol. The minimum atomic E-state index is -0.838. The van der Waals surface area contributed by atoms with Gasteiger partial charge in [-0.05, 0) is 61.4 Å². The van der Waals surface area contributed by atoms with E-state index in [1.165, 1.54) is 16.7 Å². The Morgan fingerprint density at radius 1 is 1.00 bits per heavy atom. The number of para-hydroxylation sites is 1. The average molecular weight is 615 g/mol. The SMILES string of the molecule is CCOC(=O)c1ccc(N2C(=O)C3Sc4c(sc(=O)n4CC(=O)Nc4ccccc4C)C(c4cccnc4)C3C2=O)cc1. The van der Waals surface area contributed by atoms with Crippen LogP contribution in [0.3, 0.4) is 0 Å². The Morgan fingerprint density at radius 2 is 1.77 bits per heavy atom. The van der Waals surface area contributed by atoms with Crippen LogP contribution in [0.25, 0.3) is 0 Å². The van der Waals surface area contributed by atoms with Crippen molar-refractivity contribution in [1.82, 2.24) is 9.55 Å². The van der Waals surface area contributed by atoms with Crippen LogP contribution in [0, 0.1) is 12.8 Å². The predicted octanol–water partition coefficient (Wildman–Crippen LogP) is 4.22. The maximum atomic E-state index is 14.0. The third-order valence-electron chi connectivity index (χ3n) is 7.45. The molecule has 4 heterocycles. The zero-order chi connectivity index (χ0) is 30.2. The van der Waals surface area contributed by atoms with Gasteiger partial charge in [-0.2, -0.15) is 0 Å². The van der Waals surface area contributed by atoms with Crippen LogP contribution in [0.1, 0.15) is 39.2 Å². The van der Waals surface area contributed by atoms with E-state index in [1.807, 2.05) is 31.2 Å². The molecule has 2 aliphatic heterocycles. The summed E-state index contributed by atoms with van der Waals surface area (Å²) in [5.41, 5.74) is 2.86. The van der Waals surface area contributed by atoms with Crippen LogP contribution in [0.4, 0.5) is 11.4 Å². The number of ether oxygens (including phenoxy) is 1. The Balaban J connectivity index is 1.36. The molecule has 3 unspecified atom stereocenters. The van der Waals surface area contributed by atoms with E-state index < -0.39 is 34.9 Å². The van der Waals surface area contributed by atoms with Crippen molar-refractivity contribution in [3.8, 4) is 0 Å². The van der Waals surface area contributed by atoms with E-state index in [-0.39, 0.29) is 23.9 Å². The number of thiazole rings is 1. The van der Waals surface area contributed by atoms with Crippen molar-refractivity contribution in [2.75, 3.05) is 16.8 Å². The van der Waals surface area contributed by atoms with E-state index in [1.54, 1.807) is 43.6 Å². The number of imide groups is 1. The highest BCUT2D eigenvalue weighted by Gasteiger charge is 2.56. The standard InChI is InChI=1S/C31H26N4O6S2/c1-3-41-30(39)18-10-12-20(13-11-18)35-27(37)24-23(19-8-6-14-32-15-19)26-29(42-25(24)28(35)38)34(31(40)43-26)16-22(36)33-21-9-5-4-7-17(21)2/h4-15,23-25H,3,16H2,1-2H3,(H,33,36). The Labute approximate surface area is 254 Å². The Morgan fingerprint density at radius 3 is 2.47 bits per heavy atom. The van der Waals surface area contributed by atoms with Gasteiger partial charge in [-0.15, -0.1) is 0 Å². The summed E-state index contributed by atoms with van der Waals surface area (Å²) in [6.45, 7) is 3.57. The summed E-state index contributed by atoms with van der Waals surface area (Å²) in [6.07, 6.45) is 3.25. The van der Waals surface area contributed by atoms with E-state index in [4.69, 9.17) is 4.74 Å². The highest BCUT2D eigenvalue weighted by molar-refractivity contribution is 8.00. The van der Waals surface area contributed by atoms with Gasteiger partial charge in [0.15, 0.2) is 0 Å². The van der Waals surface area contributed by atoms with E-state index in [0.717, 1.165) is 33.6 Å². The lowest BCUT2D eigenvalue weighted by Crippen LogP contribution is -2.33. The first-order valence-electron chi connectivity index (χ1n) is 13.6. The summed E-state index contributed by atoms with van der Waals surface area (Å²) in [5.74, 6) is -3.13. The van der Waals surface area contributed by atoms with Crippen LogP contribution < -0.4 is 15.1 Å². The lowest BCUT2D eigenvalue weighted by atomic mass is 9.84. The Kier molecular flexibility index (Phi) is 7.72. The first-order chi connectivity index (χ1) is 20.8. The van der Waals surface area contributed by atoms with Crippen LogP contribution in [0.2, 0.25) is 0 Å². The molecular formula is C31H26N4O6S2. The molecule has 2 aromatic carbocycles. The number of aromatic nitrogens is 2. The van der Waals surface area contributed by atoms with Gasteiger partial charge in [0, 0.05) is 28.9 Å². The number of carbonyl (C=O) groups is 4. The molecule has 6 rings (SSSR count). The molecule has 0 bridgehead atoms. The van der Waals surface area contributed by atoms with Crippen molar-refractivity contribution in [3.05, 3.63) is 104 Å². The normalized spacial score (nSPS) is 19.1. The number of nitrogens with zero attached hydrogens (tertiary/aromatic N) is 3. The second kappa shape index (κ2) is 11.6. The quantitative estimate of drug-likeness (QED) is 0.242. The van der Waals surface area contributed by atoms with Crippen molar-refractivity contribution in [1.29, 1.82) is 0 Å². The molecule has 0 spiro atoms. The number of hydrogen-bond acceptors (Lipinski definition) is 9. The largest absolute Gasteiger partial charge is 0.462 e. The van der Waals surface area contributed by atoms with E-state index in [9.17, 15) is 24.0 Å². The minimum absolute atomic E-state index is 0.225. The minimum Gasteiger partial charge on any atom is -0.462 e. The van der Waals surface area contributed by atoms with Gasteiger partial charge in [0.25, 0.3) is 0 Å². The molecule has 43 heavy (non-hydrogen) atoms. The van der Waals surface area contributed by atoms with Crippen LogP contribution >= 0.6 is 23.1 Å². The number of benzene rings is 2. The maximum Gasteiger partial charge on any atom is 0.338 e. The first kappa shape index (κ1) is 28.6. The van der Waals surface area contributed by atoms with Gasteiger partial charge in [-0.3, -0.25) is 28.7 Å². The van der Waals surface area contributed by atoms with Crippen LogP contribution in [0.15, 0.2) is 82.9 Å². The molecule has 10 nitrogen and oxygen atoms in total. The summed E-state index contributed by atoms with van der Waals surface area (Å²) in [7, 11) is 0. The number of amides is 3. The number of carbonyl (C=O) groups excluding carboxylic acids is 4. The molecule has 1 N–H and O–H groups in total. The van der Waals surface area contributed by atoms with Crippen molar-refractivity contribution in [2.24, 2.45) is 5.92 Å². The second-order valence-electron chi connectivity index (χ2n) is 10.1. The third-order valence-corrected chi connectivity index (χ3v) is 10.1. The van der Waals surface area contributed by atoms with Crippen molar-refractivity contribution in [3.63, 3.8) is 0 Å². The number of aryl methyl sites for hydroxylation is 1. The number of nitrogens with one attached hydrogen (secondary N) is 1. The molecule has 2 aliphatic rings. The molecule has 3 amide bonds. The lowest BCUT2D eigenvalue weighted by Gasteiger charge is -2.30. The lowest BCUT2D eigenvalue weighted by molar-refractivity contribution is -0.122. The van der Waals surface area contributed by atoms with E-state index >= 15 is 0 Å². The number of thioether (sulfide) groups is 1. The number of fused-ring (bicyclic) bond motifs is 2. The molecule has 12 heteroatoms. The number of rotatable bonds is 7. The average Bonchev–Trinajstić information content (AvgIpc) is 3.45. The fraction of sp³-hybridized carbons (Fsp3) is 0.226. The second-order valence-corrected chi connectivity index (χ2v) is 12.2. The number of pyridine rings is 1. The molecular weight excluding hydrogens is 588 g/mol. The maximum absolute atomic E-state index is 14.0. The molecule has 218 valence electrons. The zero-order valence-corrected chi connectivity index (χ0v) is 24.8. The molecule has 0 saturated carbocycles. The molecule has 3 atom stereocenters. The van der Waals surface area contributed by atoms with Crippen molar-refractivity contribution >= 4 is 58.2 Å². The van der Waals surface area contributed by atoms with Crippen LogP contribution in [-0.4, -0.2) is 45.1 Å². The summed E-state index contributed by atoms with van der Waals surface area (Å²) in [5, 5.41) is 2.51. The summed E-state index contributed by atoms with van der Waals surface area (Å²) < 4.78 is 6.42. The van der Waals surface area contributed by atoms with Gasteiger partial charge in [-0.25, -0.2) is 9.69 Å². The van der Waals surface area contributed by atoms with Gasteiger partial charge in [-0.1, -0.05) is 47.4 Å². The molecule has 1 saturated heterocycles. The number of esters is 1. The van der Waals surface area contributed by atoms with E-state index in [2.05, 4.69) is 10.3 Å². The zero-order valence-electron chi connectivity index (χ0n) is 23.2. The highest BCUT2D eigenvalue weighted by Crippen LogP contribution is 2.53. The van der Waals surface area contributed by atoms with Crippen molar-refractivity contribution in [2.45, 2.75) is 36.6 Å². The molecule has 4 aromatic rings. The fourth-order valence-corrected chi connectivity index (χ4v) is 8.21. The number of anilines is 2. The highest BCUT2D eigenvalue weighted by atomic mass is 32.2. The summed E-state index contributed by atoms with van der Waals surface area (Å²) in [4.78, 5) is 72.0. The van der Waals surface area contributed by atoms with Gasteiger partial charge in [0.05, 0.1) is 28.8 Å². The van der Waals surface area contributed by atoms with Gasteiger partial charge < -0.3 is 10.1 Å². The third kappa shape index (κ3) is 5.17. The van der Waals surface area contributed by atoms with Gasteiger partial charge >= 0.3 is 10.8 Å². The van der Waals surface area contributed by atoms with Gasteiger partial charge in [0.2, 0.25) is 17.7 Å². The Bertz CT molecular complexity index is 1800. The first-order valence-corrected chi connectivity index (χ1v) is 15.3. The van der Waals surface area contributed by atoms with Crippen LogP contribution in [-0.2, 0) is 25.7 Å². The summed E-state index contributed by atoms with van der Waals surface area (Å²) >= 11 is 2.11. The predicted molar refractivity (Wildman–Crippen MR) is 162 cm³/mol.